The first-order valence-corrected chi connectivity index (χ1v) is 12.3. The second-order valence-electron chi connectivity index (χ2n) is 9.72. The third-order valence-electron chi connectivity index (χ3n) is 7.19. The van der Waals surface area contributed by atoms with E-state index in [1.807, 2.05) is 60.7 Å². The first kappa shape index (κ1) is 22.7. The highest BCUT2D eigenvalue weighted by molar-refractivity contribution is 6.14. The molecule has 6 heteroatoms. The zero-order chi connectivity index (χ0) is 24.9. The van der Waals surface area contributed by atoms with Crippen molar-refractivity contribution < 1.29 is 13.2 Å². The minimum atomic E-state index is -2.83. The zero-order valence-corrected chi connectivity index (χ0v) is 19.7. The number of fused-ring (bicyclic) bond motifs is 2. The number of aliphatic imine (C=N–C) groups is 1. The molecule has 0 saturated heterocycles. The summed E-state index contributed by atoms with van der Waals surface area (Å²) in [7, 11) is 0. The SMILES string of the molecule is C=C1Nc2cc(F)c(N=C(c3ccccc3)c3ccccc3)cc2C2=C1CCC(F)(F)C(C1CC1)N2. The van der Waals surface area contributed by atoms with Gasteiger partial charge >= 0.3 is 0 Å². The molecule has 0 bridgehead atoms. The molecule has 3 aliphatic rings. The maximum absolute atomic E-state index is 15.4. The van der Waals surface area contributed by atoms with Gasteiger partial charge in [-0.2, -0.15) is 0 Å². The Labute approximate surface area is 208 Å². The van der Waals surface area contributed by atoms with E-state index in [9.17, 15) is 0 Å². The van der Waals surface area contributed by atoms with E-state index in [0.29, 0.717) is 28.4 Å². The molecule has 2 aliphatic heterocycles. The molecule has 0 radical (unpaired) electrons. The highest BCUT2D eigenvalue weighted by atomic mass is 19.3. The van der Waals surface area contributed by atoms with E-state index in [4.69, 9.17) is 4.99 Å². The molecule has 3 nitrogen and oxygen atoms in total. The number of anilines is 1. The summed E-state index contributed by atoms with van der Waals surface area (Å²) < 4.78 is 45.5. The summed E-state index contributed by atoms with van der Waals surface area (Å²) in [5.74, 6) is -3.38. The lowest BCUT2D eigenvalue weighted by atomic mass is 9.94. The first-order chi connectivity index (χ1) is 17.4. The van der Waals surface area contributed by atoms with Gasteiger partial charge in [-0.25, -0.2) is 18.2 Å². The van der Waals surface area contributed by atoms with Gasteiger partial charge in [-0.05, 0) is 36.8 Å². The number of allylic oxidation sites excluding steroid dienone is 1. The molecule has 1 saturated carbocycles. The second-order valence-corrected chi connectivity index (χ2v) is 9.72. The van der Waals surface area contributed by atoms with Crippen LogP contribution in [0.1, 0.15) is 42.4 Å². The molecule has 2 heterocycles. The molecule has 1 aliphatic carbocycles. The fourth-order valence-corrected chi connectivity index (χ4v) is 5.16. The van der Waals surface area contributed by atoms with Crippen molar-refractivity contribution in [3.8, 4) is 0 Å². The number of rotatable bonds is 4. The third kappa shape index (κ3) is 4.11. The summed E-state index contributed by atoms with van der Waals surface area (Å²) in [6.45, 7) is 4.05. The van der Waals surface area contributed by atoms with Crippen LogP contribution in [0, 0.1) is 11.7 Å². The summed E-state index contributed by atoms with van der Waals surface area (Å²) in [5, 5.41) is 6.31. The number of hydrogen-bond donors (Lipinski definition) is 2. The van der Waals surface area contributed by atoms with Gasteiger partial charge in [0, 0.05) is 40.6 Å². The van der Waals surface area contributed by atoms with E-state index in [0.717, 1.165) is 29.5 Å². The van der Waals surface area contributed by atoms with Crippen LogP contribution in [0.25, 0.3) is 5.70 Å². The van der Waals surface area contributed by atoms with Gasteiger partial charge in [0.15, 0.2) is 5.82 Å². The van der Waals surface area contributed by atoms with E-state index >= 15 is 13.2 Å². The molecule has 1 unspecified atom stereocenters. The Bertz CT molecular complexity index is 1350. The normalized spacial score (nSPS) is 20.4. The maximum Gasteiger partial charge on any atom is 0.268 e. The Kier molecular flexibility index (Phi) is 5.47. The number of nitrogens with one attached hydrogen (secondary N) is 2. The lowest BCUT2D eigenvalue weighted by molar-refractivity contribution is -0.0441. The Morgan fingerprint density at radius 2 is 1.58 bits per heavy atom. The fourth-order valence-electron chi connectivity index (χ4n) is 5.16. The zero-order valence-electron chi connectivity index (χ0n) is 19.7. The van der Waals surface area contributed by atoms with Crippen molar-refractivity contribution >= 4 is 22.8 Å². The molecule has 3 aromatic rings. The lowest BCUT2D eigenvalue weighted by Crippen LogP contribution is -2.44. The van der Waals surface area contributed by atoms with Crippen LogP contribution < -0.4 is 10.6 Å². The van der Waals surface area contributed by atoms with Gasteiger partial charge in [0.1, 0.15) is 5.69 Å². The second kappa shape index (κ2) is 8.70. The number of nitrogens with zero attached hydrogens (tertiary/aromatic N) is 1. The predicted molar refractivity (Wildman–Crippen MR) is 138 cm³/mol. The Balaban J connectivity index is 1.49. The van der Waals surface area contributed by atoms with Crippen LogP contribution in [0.2, 0.25) is 0 Å². The predicted octanol–water partition coefficient (Wildman–Crippen LogP) is 7.44. The number of hydrogen-bond acceptors (Lipinski definition) is 3. The van der Waals surface area contributed by atoms with Gasteiger partial charge in [0.25, 0.3) is 5.92 Å². The minimum Gasteiger partial charge on any atom is -0.375 e. The summed E-state index contributed by atoms with van der Waals surface area (Å²) in [4.78, 5) is 4.77. The molecule has 0 amide bonds. The molecule has 0 spiro atoms. The third-order valence-corrected chi connectivity index (χ3v) is 7.19. The highest BCUT2D eigenvalue weighted by Gasteiger charge is 2.50. The molecule has 1 atom stereocenters. The molecular weight excluding hydrogens is 459 g/mol. The van der Waals surface area contributed by atoms with E-state index in [-0.39, 0.29) is 24.4 Å². The summed E-state index contributed by atoms with van der Waals surface area (Å²) in [6, 6.07) is 21.3. The minimum absolute atomic E-state index is 0.0563. The molecule has 3 aromatic carbocycles. The van der Waals surface area contributed by atoms with Crippen molar-refractivity contribution in [2.45, 2.75) is 37.6 Å². The smallest absolute Gasteiger partial charge is 0.268 e. The molecule has 0 aromatic heterocycles. The lowest BCUT2D eigenvalue weighted by Gasteiger charge is -2.30. The van der Waals surface area contributed by atoms with Crippen molar-refractivity contribution in [2.24, 2.45) is 10.9 Å². The largest absolute Gasteiger partial charge is 0.375 e. The molecule has 182 valence electrons. The topological polar surface area (TPSA) is 36.4 Å². The summed E-state index contributed by atoms with van der Waals surface area (Å²) in [6.07, 6.45) is 1.53. The van der Waals surface area contributed by atoms with Crippen LogP contribution in [0.4, 0.5) is 24.5 Å². The van der Waals surface area contributed by atoms with Crippen molar-refractivity contribution in [2.75, 3.05) is 5.32 Å². The molecule has 6 rings (SSSR count). The van der Waals surface area contributed by atoms with Gasteiger partial charge in [-0.3, -0.25) is 0 Å². The number of benzene rings is 3. The molecule has 1 fully saturated rings. The van der Waals surface area contributed by atoms with Crippen molar-refractivity contribution in [1.29, 1.82) is 0 Å². The van der Waals surface area contributed by atoms with E-state index in [1.165, 1.54) is 6.07 Å². The number of alkyl halides is 2. The van der Waals surface area contributed by atoms with E-state index < -0.39 is 17.8 Å². The van der Waals surface area contributed by atoms with Gasteiger partial charge in [0.2, 0.25) is 0 Å². The van der Waals surface area contributed by atoms with Crippen LogP contribution in [-0.4, -0.2) is 17.7 Å². The summed E-state index contributed by atoms with van der Waals surface area (Å²) in [5.41, 5.74) is 5.50. The van der Waals surface area contributed by atoms with Crippen molar-refractivity contribution in [3.63, 3.8) is 0 Å². The van der Waals surface area contributed by atoms with Crippen LogP contribution in [0.3, 0.4) is 0 Å². The van der Waals surface area contributed by atoms with Crippen LogP contribution in [0.15, 0.2) is 95.6 Å². The molecule has 2 N–H and O–H groups in total. The Morgan fingerprint density at radius 1 is 0.944 bits per heavy atom. The Hall–Kier alpha value is -3.80. The number of halogens is 3. The summed E-state index contributed by atoms with van der Waals surface area (Å²) >= 11 is 0. The molecular formula is C30H26F3N3. The van der Waals surface area contributed by atoms with Crippen molar-refractivity contribution in [1.82, 2.24) is 5.32 Å². The van der Waals surface area contributed by atoms with Gasteiger partial charge in [-0.15, -0.1) is 0 Å². The first-order valence-electron chi connectivity index (χ1n) is 12.3. The monoisotopic (exact) mass is 485 g/mol. The molecule has 36 heavy (non-hydrogen) atoms. The standard InChI is InChI=1S/C30H26F3N3/c1-18-22-14-15-30(32,33)29(21-12-13-21)36-28(22)23-16-26(24(31)17-25(23)34-18)35-27(19-8-4-2-5-9-19)20-10-6-3-7-11-20/h2-11,16-17,21,29,34,36H,1,12-15H2. The van der Waals surface area contributed by atoms with Gasteiger partial charge in [0.05, 0.1) is 17.4 Å². The van der Waals surface area contributed by atoms with Crippen LogP contribution in [-0.2, 0) is 0 Å². The quantitative estimate of drug-likeness (QED) is 0.377. The van der Waals surface area contributed by atoms with Gasteiger partial charge < -0.3 is 10.6 Å². The fraction of sp³-hybridized carbons (Fsp3) is 0.233. The van der Waals surface area contributed by atoms with Crippen LogP contribution in [0.5, 0.6) is 0 Å². The van der Waals surface area contributed by atoms with Gasteiger partial charge in [-0.1, -0.05) is 67.2 Å². The highest BCUT2D eigenvalue weighted by Crippen LogP contribution is 2.48. The van der Waals surface area contributed by atoms with Crippen LogP contribution >= 0.6 is 0 Å². The maximum atomic E-state index is 15.4. The average molecular weight is 486 g/mol. The van der Waals surface area contributed by atoms with Crippen molar-refractivity contribution in [3.05, 3.63) is 113 Å². The average Bonchev–Trinajstić information content (AvgIpc) is 3.72. The Morgan fingerprint density at radius 3 is 2.19 bits per heavy atom. The van der Waals surface area contributed by atoms with E-state index in [2.05, 4.69) is 17.2 Å². The van der Waals surface area contributed by atoms with E-state index in [1.54, 1.807) is 6.07 Å².